The smallest absolute Gasteiger partial charge is 0.122 e. The highest BCUT2D eigenvalue weighted by molar-refractivity contribution is 5.40. The van der Waals surface area contributed by atoms with Crippen LogP contribution in [-0.4, -0.2) is 0 Å². The molecule has 3 N–H and O–H groups in total. The Morgan fingerprint density at radius 2 is 2.17 bits per heavy atom. The fourth-order valence-corrected chi connectivity index (χ4v) is 2.76. The summed E-state index contributed by atoms with van der Waals surface area (Å²) >= 11 is 0. The molecule has 2 atom stereocenters. The second kappa shape index (κ2) is 4.59. The molecule has 0 saturated heterocycles. The van der Waals surface area contributed by atoms with Gasteiger partial charge in [-0.3, -0.25) is 5.84 Å². The number of aryl methyl sites for hydroxylation is 1. The number of fused-ring (bicyclic) bond motifs is 1. The molecular formula is C15H18N2O. The Balaban J connectivity index is 1.73. The lowest BCUT2D eigenvalue weighted by Crippen LogP contribution is -2.31. The topological polar surface area (TPSA) is 51.2 Å². The second-order valence-electron chi connectivity index (χ2n) is 5.00. The molecule has 3 heteroatoms. The molecule has 1 heterocycles. The van der Waals surface area contributed by atoms with Crippen LogP contribution in [0, 0.1) is 6.92 Å². The zero-order valence-electron chi connectivity index (χ0n) is 10.5. The quantitative estimate of drug-likeness (QED) is 0.640. The van der Waals surface area contributed by atoms with Crippen molar-refractivity contribution in [3.05, 3.63) is 59.0 Å². The molecule has 0 aliphatic heterocycles. The van der Waals surface area contributed by atoms with Crippen molar-refractivity contribution in [2.75, 3.05) is 0 Å². The molecule has 3 nitrogen and oxygen atoms in total. The van der Waals surface area contributed by atoms with Gasteiger partial charge in [0.25, 0.3) is 0 Å². The molecule has 0 saturated carbocycles. The standard InChI is InChI=1S/C15H18N2O/c1-10-6-7-15(18-10)14(17-16)9-12-8-11-4-2-3-5-13(11)12/h2-7,12,14,17H,8-9,16H2,1H3. The number of nitrogens with two attached hydrogens (primary N) is 1. The highest BCUT2D eigenvalue weighted by Crippen LogP contribution is 2.40. The molecule has 94 valence electrons. The third-order valence-corrected chi connectivity index (χ3v) is 3.79. The van der Waals surface area contributed by atoms with Crippen LogP contribution in [0.3, 0.4) is 0 Å². The predicted molar refractivity (Wildman–Crippen MR) is 71.0 cm³/mol. The van der Waals surface area contributed by atoms with E-state index in [1.807, 2.05) is 19.1 Å². The average Bonchev–Trinajstić information content (AvgIpc) is 2.77. The van der Waals surface area contributed by atoms with Crippen molar-refractivity contribution in [2.45, 2.75) is 31.7 Å². The fourth-order valence-electron chi connectivity index (χ4n) is 2.76. The van der Waals surface area contributed by atoms with E-state index in [1.54, 1.807) is 0 Å². The number of furan rings is 1. The fraction of sp³-hybridized carbons (Fsp3) is 0.333. The largest absolute Gasteiger partial charge is 0.465 e. The third kappa shape index (κ3) is 1.96. The van der Waals surface area contributed by atoms with E-state index in [2.05, 4.69) is 29.7 Å². The van der Waals surface area contributed by atoms with Crippen molar-refractivity contribution in [2.24, 2.45) is 5.84 Å². The van der Waals surface area contributed by atoms with E-state index in [9.17, 15) is 0 Å². The number of rotatable bonds is 4. The van der Waals surface area contributed by atoms with Crippen molar-refractivity contribution < 1.29 is 4.42 Å². The van der Waals surface area contributed by atoms with E-state index in [4.69, 9.17) is 10.3 Å². The molecule has 1 aliphatic carbocycles. The van der Waals surface area contributed by atoms with E-state index in [1.165, 1.54) is 11.1 Å². The molecule has 0 radical (unpaired) electrons. The first-order valence-corrected chi connectivity index (χ1v) is 6.38. The zero-order chi connectivity index (χ0) is 12.5. The van der Waals surface area contributed by atoms with Gasteiger partial charge in [0.05, 0.1) is 6.04 Å². The Morgan fingerprint density at radius 3 is 2.83 bits per heavy atom. The number of hydrogen-bond donors (Lipinski definition) is 2. The van der Waals surface area contributed by atoms with Gasteiger partial charge >= 0.3 is 0 Å². The van der Waals surface area contributed by atoms with Crippen LogP contribution >= 0.6 is 0 Å². The highest BCUT2D eigenvalue weighted by Gasteiger charge is 2.29. The van der Waals surface area contributed by atoms with Crippen LogP contribution in [0.5, 0.6) is 0 Å². The van der Waals surface area contributed by atoms with Gasteiger partial charge in [-0.2, -0.15) is 0 Å². The third-order valence-electron chi connectivity index (χ3n) is 3.79. The number of hydrazine groups is 1. The summed E-state index contributed by atoms with van der Waals surface area (Å²) in [5, 5.41) is 0. The van der Waals surface area contributed by atoms with Gasteiger partial charge in [0, 0.05) is 0 Å². The lowest BCUT2D eigenvalue weighted by Gasteiger charge is -2.32. The second-order valence-corrected chi connectivity index (χ2v) is 5.00. The van der Waals surface area contributed by atoms with Crippen molar-refractivity contribution in [3.8, 4) is 0 Å². The van der Waals surface area contributed by atoms with Gasteiger partial charge < -0.3 is 4.42 Å². The molecule has 0 bridgehead atoms. The Morgan fingerprint density at radius 1 is 1.33 bits per heavy atom. The van der Waals surface area contributed by atoms with Gasteiger partial charge in [0.15, 0.2) is 0 Å². The minimum absolute atomic E-state index is 0.0945. The molecule has 2 unspecified atom stereocenters. The molecule has 0 fully saturated rings. The molecule has 3 rings (SSSR count). The number of benzene rings is 1. The summed E-state index contributed by atoms with van der Waals surface area (Å²) in [6.07, 6.45) is 2.13. The van der Waals surface area contributed by atoms with Gasteiger partial charge in [-0.15, -0.1) is 0 Å². The Kier molecular flexibility index (Phi) is 2.94. The minimum Gasteiger partial charge on any atom is -0.465 e. The van der Waals surface area contributed by atoms with E-state index in [0.717, 1.165) is 24.4 Å². The van der Waals surface area contributed by atoms with Crippen LogP contribution in [-0.2, 0) is 6.42 Å². The lowest BCUT2D eigenvalue weighted by molar-refractivity contribution is 0.359. The Labute approximate surface area is 107 Å². The maximum atomic E-state index is 5.65. The summed E-state index contributed by atoms with van der Waals surface area (Å²) < 4.78 is 5.65. The SMILES string of the molecule is Cc1ccc(C(CC2Cc3ccccc32)NN)o1. The van der Waals surface area contributed by atoms with Crippen LogP contribution in [0.2, 0.25) is 0 Å². The molecule has 0 amide bonds. The van der Waals surface area contributed by atoms with Gasteiger partial charge in [0.1, 0.15) is 11.5 Å². The van der Waals surface area contributed by atoms with E-state index in [-0.39, 0.29) is 6.04 Å². The Bertz CT molecular complexity index is 547. The van der Waals surface area contributed by atoms with Crippen LogP contribution < -0.4 is 11.3 Å². The van der Waals surface area contributed by atoms with Gasteiger partial charge in [-0.1, -0.05) is 24.3 Å². The molecule has 2 aromatic rings. The van der Waals surface area contributed by atoms with Gasteiger partial charge in [-0.25, -0.2) is 5.43 Å². The number of hydrogen-bond acceptors (Lipinski definition) is 3. The average molecular weight is 242 g/mol. The summed E-state index contributed by atoms with van der Waals surface area (Å²) in [7, 11) is 0. The maximum Gasteiger partial charge on any atom is 0.122 e. The monoisotopic (exact) mass is 242 g/mol. The molecule has 0 spiro atoms. The van der Waals surface area contributed by atoms with E-state index >= 15 is 0 Å². The maximum absolute atomic E-state index is 5.65. The molecular weight excluding hydrogens is 224 g/mol. The first-order chi connectivity index (χ1) is 8.78. The first kappa shape index (κ1) is 11.5. The lowest BCUT2D eigenvalue weighted by atomic mass is 9.74. The van der Waals surface area contributed by atoms with Crippen LogP contribution in [0.1, 0.15) is 41.0 Å². The summed E-state index contributed by atoms with van der Waals surface area (Å²) in [4.78, 5) is 0. The van der Waals surface area contributed by atoms with Gasteiger partial charge in [-0.05, 0) is 48.9 Å². The van der Waals surface area contributed by atoms with Crippen molar-refractivity contribution >= 4 is 0 Å². The first-order valence-electron chi connectivity index (χ1n) is 6.38. The molecule has 1 aliphatic rings. The summed E-state index contributed by atoms with van der Waals surface area (Å²) in [5.41, 5.74) is 5.79. The van der Waals surface area contributed by atoms with Crippen molar-refractivity contribution in [1.82, 2.24) is 5.43 Å². The van der Waals surface area contributed by atoms with E-state index < -0.39 is 0 Å². The summed E-state index contributed by atoms with van der Waals surface area (Å²) in [5.74, 6) is 8.10. The van der Waals surface area contributed by atoms with Gasteiger partial charge in [0.2, 0.25) is 0 Å². The summed E-state index contributed by atoms with van der Waals surface area (Å²) in [6, 6.07) is 12.7. The predicted octanol–water partition coefficient (Wildman–Crippen LogP) is 2.82. The highest BCUT2D eigenvalue weighted by atomic mass is 16.3. The summed E-state index contributed by atoms with van der Waals surface area (Å²) in [6.45, 7) is 1.95. The molecule has 1 aromatic heterocycles. The minimum atomic E-state index is 0.0945. The normalized spacial score (nSPS) is 19.1. The Hall–Kier alpha value is -1.58. The van der Waals surface area contributed by atoms with Crippen LogP contribution in [0.4, 0.5) is 0 Å². The van der Waals surface area contributed by atoms with Crippen LogP contribution in [0.25, 0.3) is 0 Å². The zero-order valence-corrected chi connectivity index (χ0v) is 10.5. The number of nitrogens with one attached hydrogen (secondary N) is 1. The van der Waals surface area contributed by atoms with Crippen molar-refractivity contribution in [3.63, 3.8) is 0 Å². The van der Waals surface area contributed by atoms with Crippen molar-refractivity contribution in [1.29, 1.82) is 0 Å². The van der Waals surface area contributed by atoms with E-state index in [0.29, 0.717) is 5.92 Å². The molecule has 18 heavy (non-hydrogen) atoms. The van der Waals surface area contributed by atoms with Crippen LogP contribution in [0.15, 0.2) is 40.8 Å². The molecule has 1 aromatic carbocycles.